The maximum Gasteiger partial charge on any atom is 0.226 e. The van der Waals surface area contributed by atoms with Crippen LogP contribution in [0.1, 0.15) is 84.1 Å². The Morgan fingerprint density at radius 1 is 1.00 bits per heavy atom. The Hall–Kier alpha value is -1.68. The van der Waals surface area contributed by atoms with Crippen molar-refractivity contribution in [3.05, 3.63) is 35.2 Å². The zero-order valence-electron chi connectivity index (χ0n) is 17.8. The molecule has 0 saturated heterocycles. The highest BCUT2D eigenvalue weighted by Gasteiger charge is 2.08. The van der Waals surface area contributed by atoms with E-state index < -0.39 is 0 Å². The molecule has 0 aliphatic rings. The van der Waals surface area contributed by atoms with Gasteiger partial charge in [-0.2, -0.15) is 0 Å². The normalized spacial score (nSPS) is 11.1. The number of amides is 1. The van der Waals surface area contributed by atoms with Crippen LogP contribution in [0.5, 0.6) is 0 Å². The molecule has 1 amide bonds. The van der Waals surface area contributed by atoms with Crippen molar-refractivity contribution >= 4 is 22.4 Å². The highest BCUT2D eigenvalue weighted by Crippen LogP contribution is 2.26. The van der Waals surface area contributed by atoms with Crippen molar-refractivity contribution in [2.45, 2.75) is 85.0 Å². The second kappa shape index (κ2) is 12.7. The Morgan fingerprint density at radius 3 is 2.29 bits per heavy atom. The van der Waals surface area contributed by atoms with Gasteiger partial charge in [0.25, 0.3) is 0 Å². The molecule has 3 nitrogen and oxygen atoms in total. The lowest BCUT2D eigenvalue weighted by Crippen LogP contribution is -2.10. The van der Waals surface area contributed by atoms with E-state index in [9.17, 15) is 4.79 Å². The summed E-state index contributed by atoms with van der Waals surface area (Å²) in [6.45, 7) is 6.71. The zero-order chi connectivity index (χ0) is 20.2. The minimum Gasteiger partial charge on any atom is -0.302 e. The maximum absolute atomic E-state index is 12.1. The van der Waals surface area contributed by atoms with Crippen LogP contribution in [0.4, 0.5) is 5.13 Å². The second-order valence-electron chi connectivity index (χ2n) is 8.11. The topological polar surface area (TPSA) is 42.0 Å². The van der Waals surface area contributed by atoms with Crippen LogP contribution in [0.2, 0.25) is 0 Å². The molecular formula is C24H36N2OS. The van der Waals surface area contributed by atoms with E-state index in [1.807, 2.05) is 5.38 Å². The number of rotatable bonds is 13. The molecule has 0 bridgehead atoms. The van der Waals surface area contributed by atoms with Crippen molar-refractivity contribution in [3.63, 3.8) is 0 Å². The molecule has 2 rings (SSSR count). The number of nitrogens with one attached hydrogen (secondary N) is 1. The summed E-state index contributed by atoms with van der Waals surface area (Å²) in [7, 11) is 0. The first-order valence-electron chi connectivity index (χ1n) is 10.9. The maximum atomic E-state index is 12.1. The summed E-state index contributed by atoms with van der Waals surface area (Å²) in [6.07, 6.45) is 11.7. The number of unbranched alkanes of at least 4 members (excludes halogenated alkanes) is 7. The quantitative estimate of drug-likeness (QED) is 0.354. The van der Waals surface area contributed by atoms with Gasteiger partial charge in [0.15, 0.2) is 5.13 Å². The molecule has 0 unspecified atom stereocenters. The average molecular weight is 401 g/mol. The van der Waals surface area contributed by atoms with E-state index in [0.717, 1.165) is 30.5 Å². The van der Waals surface area contributed by atoms with E-state index in [1.54, 1.807) is 0 Å². The number of nitrogens with zero attached hydrogens (tertiary/aromatic N) is 1. The highest BCUT2D eigenvalue weighted by molar-refractivity contribution is 7.14. The Kier molecular flexibility index (Phi) is 10.3. The molecule has 0 radical (unpaired) electrons. The van der Waals surface area contributed by atoms with Gasteiger partial charge in [-0.05, 0) is 24.3 Å². The van der Waals surface area contributed by atoms with Crippen LogP contribution in [0, 0.1) is 5.92 Å². The molecule has 154 valence electrons. The molecule has 1 aromatic carbocycles. The summed E-state index contributed by atoms with van der Waals surface area (Å²) in [5.41, 5.74) is 3.39. The molecule has 0 spiro atoms. The molecule has 4 heteroatoms. The standard InChI is InChI=1S/C24H36N2OS/c1-4-5-6-7-8-9-10-11-12-23(27)26-24-25-22(18-28-24)21-15-13-20(14-16-21)17-19(2)3/h13-16,18-19H,4-12,17H2,1-3H3,(H,25,26,27). The first-order chi connectivity index (χ1) is 13.6. The largest absolute Gasteiger partial charge is 0.302 e. The van der Waals surface area contributed by atoms with Gasteiger partial charge in [-0.15, -0.1) is 11.3 Å². The number of aromatic nitrogens is 1. The average Bonchev–Trinajstić information content (AvgIpc) is 3.12. The molecule has 0 atom stereocenters. The van der Waals surface area contributed by atoms with Crippen LogP contribution in [-0.4, -0.2) is 10.9 Å². The second-order valence-corrected chi connectivity index (χ2v) is 8.96. The predicted molar refractivity (Wildman–Crippen MR) is 122 cm³/mol. The van der Waals surface area contributed by atoms with Gasteiger partial charge < -0.3 is 5.32 Å². The third-order valence-corrected chi connectivity index (χ3v) is 5.66. The predicted octanol–water partition coefficient (Wildman–Crippen LogP) is 7.48. The molecular weight excluding hydrogens is 364 g/mol. The van der Waals surface area contributed by atoms with E-state index in [-0.39, 0.29) is 5.91 Å². The Balaban J connectivity index is 1.69. The SMILES string of the molecule is CCCCCCCCCCC(=O)Nc1nc(-c2ccc(CC(C)C)cc2)cs1. The molecule has 0 aliphatic heterocycles. The third-order valence-electron chi connectivity index (χ3n) is 4.90. The van der Waals surface area contributed by atoms with Gasteiger partial charge in [0.1, 0.15) is 0 Å². The number of hydrogen-bond acceptors (Lipinski definition) is 3. The summed E-state index contributed by atoms with van der Waals surface area (Å²) in [5.74, 6) is 0.743. The Morgan fingerprint density at radius 2 is 1.64 bits per heavy atom. The molecule has 1 aromatic heterocycles. The summed E-state index contributed by atoms with van der Waals surface area (Å²) < 4.78 is 0. The molecule has 1 N–H and O–H groups in total. The summed E-state index contributed by atoms with van der Waals surface area (Å²) in [4.78, 5) is 16.7. The summed E-state index contributed by atoms with van der Waals surface area (Å²) >= 11 is 1.50. The molecule has 2 aromatic rings. The van der Waals surface area contributed by atoms with Crippen LogP contribution in [0.15, 0.2) is 29.6 Å². The van der Waals surface area contributed by atoms with E-state index >= 15 is 0 Å². The number of carbonyl (C=O) groups is 1. The third kappa shape index (κ3) is 8.55. The van der Waals surface area contributed by atoms with Gasteiger partial charge >= 0.3 is 0 Å². The lowest BCUT2D eigenvalue weighted by Gasteiger charge is -2.05. The van der Waals surface area contributed by atoms with Crippen LogP contribution < -0.4 is 5.32 Å². The Bertz CT molecular complexity index is 691. The molecule has 0 fully saturated rings. The molecule has 1 heterocycles. The fourth-order valence-electron chi connectivity index (χ4n) is 3.35. The van der Waals surface area contributed by atoms with Crippen LogP contribution in [-0.2, 0) is 11.2 Å². The number of thiazole rings is 1. The minimum absolute atomic E-state index is 0.0826. The van der Waals surface area contributed by atoms with Gasteiger partial charge in [-0.25, -0.2) is 4.98 Å². The van der Waals surface area contributed by atoms with E-state index in [1.165, 1.54) is 55.4 Å². The van der Waals surface area contributed by atoms with Gasteiger partial charge in [0.05, 0.1) is 5.69 Å². The van der Waals surface area contributed by atoms with Crippen molar-refractivity contribution in [1.29, 1.82) is 0 Å². The van der Waals surface area contributed by atoms with Crippen molar-refractivity contribution in [2.75, 3.05) is 5.32 Å². The lowest BCUT2D eigenvalue weighted by atomic mass is 10.0. The van der Waals surface area contributed by atoms with Gasteiger partial charge in [0, 0.05) is 17.4 Å². The first-order valence-corrected chi connectivity index (χ1v) is 11.8. The molecule has 28 heavy (non-hydrogen) atoms. The number of anilines is 1. The fraction of sp³-hybridized carbons (Fsp3) is 0.583. The molecule has 0 saturated carbocycles. The molecule has 0 aliphatic carbocycles. The van der Waals surface area contributed by atoms with Gasteiger partial charge in [0.2, 0.25) is 5.91 Å². The van der Waals surface area contributed by atoms with E-state index in [0.29, 0.717) is 17.5 Å². The van der Waals surface area contributed by atoms with E-state index in [4.69, 9.17) is 0 Å². The number of benzene rings is 1. The summed E-state index contributed by atoms with van der Waals surface area (Å²) in [6, 6.07) is 8.60. The van der Waals surface area contributed by atoms with Crippen molar-refractivity contribution in [3.8, 4) is 11.3 Å². The number of carbonyl (C=O) groups excluding carboxylic acids is 1. The van der Waals surface area contributed by atoms with Crippen molar-refractivity contribution < 1.29 is 4.79 Å². The first kappa shape index (κ1) is 22.6. The van der Waals surface area contributed by atoms with Crippen LogP contribution in [0.3, 0.4) is 0 Å². The number of hydrogen-bond donors (Lipinski definition) is 1. The zero-order valence-corrected chi connectivity index (χ0v) is 18.6. The highest BCUT2D eigenvalue weighted by atomic mass is 32.1. The van der Waals surface area contributed by atoms with Crippen molar-refractivity contribution in [2.24, 2.45) is 5.92 Å². The smallest absolute Gasteiger partial charge is 0.226 e. The lowest BCUT2D eigenvalue weighted by molar-refractivity contribution is -0.116. The minimum atomic E-state index is 0.0826. The van der Waals surface area contributed by atoms with Gasteiger partial charge in [-0.3, -0.25) is 4.79 Å². The van der Waals surface area contributed by atoms with Crippen LogP contribution in [0.25, 0.3) is 11.3 Å². The van der Waals surface area contributed by atoms with Gasteiger partial charge in [-0.1, -0.05) is 90.0 Å². The van der Waals surface area contributed by atoms with Crippen LogP contribution >= 0.6 is 11.3 Å². The fourth-order valence-corrected chi connectivity index (χ4v) is 4.08. The monoisotopic (exact) mass is 400 g/mol. The van der Waals surface area contributed by atoms with Crippen molar-refractivity contribution in [1.82, 2.24) is 4.98 Å². The Labute approximate surface area is 175 Å². The van der Waals surface area contributed by atoms with E-state index in [2.05, 4.69) is 55.3 Å². The summed E-state index contributed by atoms with van der Waals surface area (Å²) in [5, 5.41) is 5.67.